The molecular formula is C6H7F3N2. The standard InChI is InChI=1S/C6H7F3N2/c7-1-4-5(2-8)11-6(3-9)10-4/h1-3H2,(H,10,11). The number of halogens is 3. The van der Waals surface area contributed by atoms with Gasteiger partial charge in [0, 0.05) is 0 Å². The Balaban J connectivity index is 2.92. The van der Waals surface area contributed by atoms with Crippen LogP contribution in [-0.4, -0.2) is 9.97 Å². The molecule has 1 rings (SSSR count). The smallest absolute Gasteiger partial charge is 0.147 e. The number of aromatic nitrogens is 2. The Labute approximate surface area is 61.5 Å². The minimum Gasteiger partial charge on any atom is -0.341 e. The number of alkyl halides is 3. The predicted molar refractivity (Wildman–Crippen MR) is 33.0 cm³/mol. The molecule has 0 amide bonds. The molecule has 0 saturated heterocycles. The molecule has 1 aromatic heterocycles. The van der Waals surface area contributed by atoms with E-state index in [1.165, 1.54) is 0 Å². The summed E-state index contributed by atoms with van der Waals surface area (Å²) in [5, 5.41) is 0. The topological polar surface area (TPSA) is 28.7 Å². The summed E-state index contributed by atoms with van der Waals surface area (Å²) in [5.74, 6) is -0.0229. The number of aromatic amines is 1. The number of imidazole rings is 1. The number of hydrogen-bond donors (Lipinski definition) is 1. The van der Waals surface area contributed by atoms with Crippen molar-refractivity contribution < 1.29 is 13.2 Å². The quantitative estimate of drug-likeness (QED) is 0.725. The average molecular weight is 164 g/mol. The third kappa shape index (κ3) is 1.53. The lowest BCUT2D eigenvalue weighted by Gasteiger charge is -1.87. The van der Waals surface area contributed by atoms with Gasteiger partial charge in [-0.05, 0) is 0 Å². The Morgan fingerprint density at radius 3 is 2.18 bits per heavy atom. The minimum absolute atomic E-state index is 0.0229. The number of rotatable bonds is 3. The summed E-state index contributed by atoms with van der Waals surface area (Å²) in [4.78, 5) is 5.80. The lowest BCUT2D eigenvalue weighted by atomic mass is 10.4. The molecule has 0 atom stereocenters. The van der Waals surface area contributed by atoms with E-state index in [1.54, 1.807) is 0 Å². The molecule has 0 unspecified atom stereocenters. The summed E-state index contributed by atoms with van der Waals surface area (Å²) >= 11 is 0. The van der Waals surface area contributed by atoms with Gasteiger partial charge in [-0.3, -0.25) is 0 Å². The van der Waals surface area contributed by atoms with Crippen LogP contribution in [0.15, 0.2) is 0 Å². The van der Waals surface area contributed by atoms with Crippen molar-refractivity contribution in [2.45, 2.75) is 20.0 Å². The molecule has 0 saturated carbocycles. The van der Waals surface area contributed by atoms with Gasteiger partial charge in [-0.2, -0.15) is 0 Å². The van der Waals surface area contributed by atoms with E-state index in [-0.39, 0.29) is 17.2 Å². The molecule has 62 valence electrons. The summed E-state index contributed by atoms with van der Waals surface area (Å²) in [6, 6.07) is 0. The minimum atomic E-state index is -0.865. The first-order valence-electron chi connectivity index (χ1n) is 3.06. The molecule has 0 aliphatic rings. The Morgan fingerprint density at radius 1 is 1.09 bits per heavy atom. The van der Waals surface area contributed by atoms with Crippen molar-refractivity contribution in [2.24, 2.45) is 0 Å². The summed E-state index contributed by atoms with van der Waals surface area (Å²) in [6.45, 7) is -2.53. The van der Waals surface area contributed by atoms with Crippen molar-refractivity contribution in [3.05, 3.63) is 17.2 Å². The third-order valence-corrected chi connectivity index (χ3v) is 1.30. The van der Waals surface area contributed by atoms with Gasteiger partial charge < -0.3 is 4.98 Å². The van der Waals surface area contributed by atoms with Crippen LogP contribution in [0.2, 0.25) is 0 Å². The molecule has 0 aromatic carbocycles. The highest BCUT2D eigenvalue weighted by molar-refractivity contribution is 5.12. The number of hydrogen-bond acceptors (Lipinski definition) is 1. The fourth-order valence-electron chi connectivity index (χ4n) is 0.789. The van der Waals surface area contributed by atoms with Crippen LogP contribution in [0.3, 0.4) is 0 Å². The molecule has 0 bridgehead atoms. The lowest BCUT2D eigenvalue weighted by Crippen LogP contribution is -1.85. The van der Waals surface area contributed by atoms with Crippen molar-refractivity contribution in [1.82, 2.24) is 9.97 Å². The van der Waals surface area contributed by atoms with Gasteiger partial charge in [0.05, 0.1) is 11.4 Å². The average Bonchev–Trinajstić information content (AvgIpc) is 2.46. The van der Waals surface area contributed by atoms with Crippen LogP contribution < -0.4 is 0 Å². The second-order valence-corrected chi connectivity index (χ2v) is 2.01. The van der Waals surface area contributed by atoms with E-state index < -0.39 is 20.0 Å². The highest BCUT2D eigenvalue weighted by Crippen LogP contribution is 2.09. The second-order valence-electron chi connectivity index (χ2n) is 2.01. The molecule has 0 aliphatic carbocycles. The van der Waals surface area contributed by atoms with E-state index in [0.717, 1.165) is 0 Å². The summed E-state index contributed by atoms with van der Waals surface area (Å²) in [5.41, 5.74) is -0.0136. The van der Waals surface area contributed by atoms with Crippen LogP contribution in [0.25, 0.3) is 0 Å². The van der Waals surface area contributed by atoms with Gasteiger partial charge in [0.15, 0.2) is 0 Å². The molecule has 1 heterocycles. The first kappa shape index (κ1) is 8.10. The molecule has 5 heteroatoms. The highest BCUT2D eigenvalue weighted by atomic mass is 19.1. The number of nitrogens with zero attached hydrogens (tertiary/aromatic N) is 1. The molecule has 1 aromatic rings. The molecule has 0 aliphatic heterocycles. The van der Waals surface area contributed by atoms with Crippen LogP contribution in [0, 0.1) is 0 Å². The normalized spacial score (nSPS) is 10.5. The molecule has 0 radical (unpaired) electrons. The largest absolute Gasteiger partial charge is 0.341 e. The highest BCUT2D eigenvalue weighted by Gasteiger charge is 2.08. The van der Waals surface area contributed by atoms with Crippen LogP contribution in [-0.2, 0) is 20.0 Å². The van der Waals surface area contributed by atoms with E-state index in [9.17, 15) is 13.2 Å². The second kappa shape index (κ2) is 3.41. The van der Waals surface area contributed by atoms with Gasteiger partial charge in [0.25, 0.3) is 0 Å². The van der Waals surface area contributed by atoms with E-state index in [4.69, 9.17) is 0 Å². The number of nitrogens with one attached hydrogen (secondary N) is 1. The predicted octanol–water partition coefficient (Wildman–Crippen LogP) is 1.82. The van der Waals surface area contributed by atoms with Crippen molar-refractivity contribution in [1.29, 1.82) is 0 Å². The maximum Gasteiger partial charge on any atom is 0.147 e. The van der Waals surface area contributed by atoms with Crippen molar-refractivity contribution >= 4 is 0 Å². The van der Waals surface area contributed by atoms with E-state index >= 15 is 0 Å². The molecule has 1 N–H and O–H groups in total. The Morgan fingerprint density at radius 2 is 1.82 bits per heavy atom. The van der Waals surface area contributed by atoms with Gasteiger partial charge in [0.2, 0.25) is 0 Å². The van der Waals surface area contributed by atoms with Gasteiger partial charge in [-0.25, -0.2) is 18.2 Å². The Bertz CT molecular complexity index is 212. The maximum atomic E-state index is 12.0. The van der Waals surface area contributed by atoms with Gasteiger partial charge in [-0.15, -0.1) is 0 Å². The fourth-order valence-corrected chi connectivity index (χ4v) is 0.789. The zero-order valence-corrected chi connectivity index (χ0v) is 5.70. The first-order chi connectivity index (χ1) is 5.31. The van der Waals surface area contributed by atoms with Crippen LogP contribution in [0.4, 0.5) is 13.2 Å². The molecule has 0 fully saturated rings. The van der Waals surface area contributed by atoms with Gasteiger partial charge in [-0.1, -0.05) is 0 Å². The number of H-pyrrole nitrogens is 1. The van der Waals surface area contributed by atoms with Crippen molar-refractivity contribution in [3.63, 3.8) is 0 Å². The molecular weight excluding hydrogens is 157 g/mol. The lowest BCUT2D eigenvalue weighted by molar-refractivity contribution is 0.445. The molecule has 0 spiro atoms. The van der Waals surface area contributed by atoms with E-state index in [0.29, 0.717) is 0 Å². The SMILES string of the molecule is FCc1nc(CF)c(CF)[nH]1. The third-order valence-electron chi connectivity index (χ3n) is 1.30. The van der Waals surface area contributed by atoms with Crippen LogP contribution in [0.5, 0.6) is 0 Å². The fraction of sp³-hybridized carbons (Fsp3) is 0.500. The van der Waals surface area contributed by atoms with E-state index in [2.05, 4.69) is 9.97 Å². The maximum absolute atomic E-state index is 12.0. The molecule has 2 nitrogen and oxygen atoms in total. The zero-order valence-electron chi connectivity index (χ0n) is 5.70. The van der Waals surface area contributed by atoms with Crippen molar-refractivity contribution in [2.75, 3.05) is 0 Å². The van der Waals surface area contributed by atoms with E-state index in [1.807, 2.05) is 0 Å². The first-order valence-corrected chi connectivity index (χ1v) is 3.06. The Hall–Kier alpha value is -1.00. The van der Waals surface area contributed by atoms with Crippen molar-refractivity contribution in [3.8, 4) is 0 Å². The van der Waals surface area contributed by atoms with Crippen LogP contribution >= 0.6 is 0 Å². The zero-order chi connectivity index (χ0) is 8.27. The van der Waals surface area contributed by atoms with Crippen LogP contribution in [0.1, 0.15) is 17.2 Å². The Kier molecular flexibility index (Phi) is 2.51. The summed E-state index contributed by atoms with van der Waals surface area (Å²) in [6.07, 6.45) is 0. The monoisotopic (exact) mass is 164 g/mol. The molecule has 11 heavy (non-hydrogen) atoms. The van der Waals surface area contributed by atoms with Gasteiger partial charge in [0.1, 0.15) is 25.8 Å². The van der Waals surface area contributed by atoms with Gasteiger partial charge >= 0.3 is 0 Å². The summed E-state index contributed by atoms with van der Waals surface area (Å²) in [7, 11) is 0. The summed E-state index contributed by atoms with van der Waals surface area (Å²) < 4.78 is 35.8.